The highest BCUT2D eigenvalue weighted by molar-refractivity contribution is 6.34. The van der Waals surface area contributed by atoms with Crippen LogP contribution >= 0.6 is 11.6 Å². The molecule has 0 spiro atoms. The van der Waals surface area contributed by atoms with Crippen molar-refractivity contribution < 1.29 is 18.4 Å². The molecule has 0 aromatic heterocycles. The summed E-state index contributed by atoms with van der Waals surface area (Å²) in [6.07, 6.45) is 1.18. The minimum absolute atomic E-state index is 0.0462. The molecule has 2 aromatic carbocycles. The van der Waals surface area contributed by atoms with Crippen LogP contribution in [0.5, 0.6) is 0 Å². The molecule has 2 aromatic rings. The standard InChI is InChI=1S/C17H13ClF2N2O2/c18-12-5-3-10(8-15(12)22-7-1-2-16(22)23)17(24)21-11-4-6-13(19)14(20)9-11/h3-6,8-9H,1-2,7H2,(H,21,24). The maximum absolute atomic E-state index is 13.2. The van der Waals surface area contributed by atoms with Crippen molar-refractivity contribution in [3.05, 3.63) is 58.6 Å². The van der Waals surface area contributed by atoms with Crippen LogP contribution in [0.3, 0.4) is 0 Å². The van der Waals surface area contributed by atoms with Gasteiger partial charge in [0.2, 0.25) is 5.91 Å². The average Bonchev–Trinajstić information content (AvgIpc) is 2.97. The van der Waals surface area contributed by atoms with Crippen LogP contribution in [0, 0.1) is 11.6 Å². The molecular weight excluding hydrogens is 338 g/mol. The van der Waals surface area contributed by atoms with Crippen molar-refractivity contribution in [2.24, 2.45) is 0 Å². The zero-order valence-corrected chi connectivity index (χ0v) is 13.2. The summed E-state index contributed by atoms with van der Waals surface area (Å²) < 4.78 is 26.1. The molecule has 0 aliphatic carbocycles. The van der Waals surface area contributed by atoms with Crippen LogP contribution in [-0.4, -0.2) is 18.4 Å². The minimum Gasteiger partial charge on any atom is -0.322 e. The van der Waals surface area contributed by atoms with Crippen molar-refractivity contribution >= 4 is 34.8 Å². The molecule has 1 saturated heterocycles. The number of carbonyl (C=O) groups is 2. The highest BCUT2D eigenvalue weighted by Gasteiger charge is 2.24. The Morgan fingerprint density at radius 1 is 1.12 bits per heavy atom. The monoisotopic (exact) mass is 350 g/mol. The fraction of sp³-hybridized carbons (Fsp3) is 0.176. The quantitative estimate of drug-likeness (QED) is 0.909. The first-order chi connectivity index (χ1) is 11.5. The third-order valence-electron chi connectivity index (χ3n) is 3.75. The molecule has 124 valence electrons. The van der Waals surface area contributed by atoms with Gasteiger partial charge in [0.15, 0.2) is 11.6 Å². The molecule has 1 aliphatic heterocycles. The van der Waals surface area contributed by atoms with Gasteiger partial charge in [0.25, 0.3) is 5.91 Å². The summed E-state index contributed by atoms with van der Waals surface area (Å²) in [6.45, 7) is 0.548. The molecule has 0 unspecified atom stereocenters. The molecule has 3 rings (SSSR count). The summed E-state index contributed by atoms with van der Waals surface area (Å²) in [5.74, 6) is -2.60. The van der Waals surface area contributed by atoms with E-state index in [0.29, 0.717) is 23.7 Å². The third-order valence-corrected chi connectivity index (χ3v) is 4.07. The molecule has 0 atom stereocenters. The Hall–Kier alpha value is -2.47. The van der Waals surface area contributed by atoms with Gasteiger partial charge in [-0.3, -0.25) is 9.59 Å². The summed E-state index contributed by atoms with van der Waals surface area (Å²) in [4.78, 5) is 25.7. The molecular formula is C17H13ClF2N2O2. The van der Waals surface area contributed by atoms with Crippen LogP contribution in [0.2, 0.25) is 5.02 Å². The van der Waals surface area contributed by atoms with E-state index in [0.717, 1.165) is 18.6 Å². The molecule has 0 radical (unpaired) electrons. The van der Waals surface area contributed by atoms with Crippen molar-refractivity contribution in [3.63, 3.8) is 0 Å². The van der Waals surface area contributed by atoms with E-state index in [9.17, 15) is 18.4 Å². The zero-order chi connectivity index (χ0) is 17.3. The highest BCUT2D eigenvalue weighted by atomic mass is 35.5. The number of carbonyl (C=O) groups excluding carboxylic acids is 2. The molecule has 0 bridgehead atoms. The first-order valence-corrected chi connectivity index (χ1v) is 7.70. The molecule has 2 amide bonds. The predicted octanol–water partition coefficient (Wildman–Crippen LogP) is 4.00. The van der Waals surface area contributed by atoms with E-state index in [4.69, 9.17) is 11.6 Å². The van der Waals surface area contributed by atoms with Gasteiger partial charge in [-0.25, -0.2) is 8.78 Å². The maximum Gasteiger partial charge on any atom is 0.255 e. The van der Waals surface area contributed by atoms with Gasteiger partial charge >= 0.3 is 0 Å². The number of benzene rings is 2. The number of rotatable bonds is 3. The number of nitrogens with one attached hydrogen (secondary N) is 1. The van der Waals surface area contributed by atoms with E-state index < -0.39 is 17.5 Å². The van der Waals surface area contributed by atoms with Crippen LogP contribution in [0.4, 0.5) is 20.2 Å². The van der Waals surface area contributed by atoms with Crippen LogP contribution in [0.25, 0.3) is 0 Å². The lowest BCUT2D eigenvalue weighted by Gasteiger charge is -2.18. The fourth-order valence-corrected chi connectivity index (χ4v) is 2.76. The molecule has 0 saturated carbocycles. The number of hydrogen-bond donors (Lipinski definition) is 1. The highest BCUT2D eigenvalue weighted by Crippen LogP contribution is 2.30. The van der Waals surface area contributed by atoms with Gasteiger partial charge in [-0.1, -0.05) is 11.6 Å². The zero-order valence-electron chi connectivity index (χ0n) is 12.5. The number of nitrogens with zero attached hydrogens (tertiary/aromatic N) is 1. The van der Waals surface area contributed by atoms with Gasteiger partial charge in [-0.15, -0.1) is 0 Å². The van der Waals surface area contributed by atoms with Crippen molar-refractivity contribution in [2.45, 2.75) is 12.8 Å². The summed E-state index contributed by atoms with van der Waals surface area (Å²) >= 11 is 6.13. The van der Waals surface area contributed by atoms with Crippen LogP contribution in [-0.2, 0) is 4.79 Å². The third kappa shape index (κ3) is 3.23. The Balaban J connectivity index is 1.84. The second kappa shape index (κ2) is 6.57. The van der Waals surface area contributed by atoms with Gasteiger partial charge in [-0.2, -0.15) is 0 Å². The van der Waals surface area contributed by atoms with Gasteiger partial charge in [0.1, 0.15) is 0 Å². The minimum atomic E-state index is -1.05. The lowest BCUT2D eigenvalue weighted by Crippen LogP contribution is -2.24. The fourth-order valence-electron chi connectivity index (χ4n) is 2.54. The SMILES string of the molecule is O=C(Nc1ccc(F)c(F)c1)c1ccc(Cl)c(N2CCCC2=O)c1. The van der Waals surface area contributed by atoms with Crippen molar-refractivity contribution in [3.8, 4) is 0 Å². The van der Waals surface area contributed by atoms with Crippen LogP contribution in [0.15, 0.2) is 36.4 Å². The summed E-state index contributed by atoms with van der Waals surface area (Å²) in [6, 6.07) is 7.64. The van der Waals surface area contributed by atoms with Crippen LogP contribution in [0.1, 0.15) is 23.2 Å². The average molecular weight is 351 g/mol. The van der Waals surface area contributed by atoms with Crippen LogP contribution < -0.4 is 10.2 Å². The second-order valence-electron chi connectivity index (χ2n) is 5.40. The number of amides is 2. The molecule has 4 nitrogen and oxygen atoms in total. The maximum atomic E-state index is 13.2. The van der Waals surface area contributed by atoms with Crippen molar-refractivity contribution in [1.29, 1.82) is 0 Å². The Morgan fingerprint density at radius 3 is 2.58 bits per heavy atom. The van der Waals surface area contributed by atoms with Crippen molar-refractivity contribution in [2.75, 3.05) is 16.8 Å². The van der Waals surface area contributed by atoms with Gasteiger partial charge < -0.3 is 10.2 Å². The molecule has 24 heavy (non-hydrogen) atoms. The Kier molecular flexibility index (Phi) is 4.49. The predicted molar refractivity (Wildman–Crippen MR) is 87.4 cm³/mol. The van der Waals surface area contributed by atoms with E-state index in [1.807, 2.05) is 0 Å². The van der Waals surface area contributed by atoms with Gasteiger partial charge in [0, 0.05) is 30.3 Å². The van der Waals surface area contributed by atoms with E-state index in [-0.39, 0.29) is 17.2 Å². The first kappa shape index (κ1) is 16.4. The van der Waals surface area contributed by atoms with E-state index in [1.54, 1.807) is 0 Å². The van der Waals surface area contributed by atoms with E-state index in [2.05, 4.69) is 5.32 Å². The lowest BCUT2D eigenvalue weighted by molar-refractivity contribution is -0.117. The molecule has 1 N–H and O–H groups in total. The van der Waals surface area contributed by atoms with E-state index >= 15 is 0 Å². The topological polar surface area (TPSA) is 49.4 Å². The normalized spacial score (nSPS) is 14.1. The molecule has 1 fully saturated rings. The second-order valence-corrected chi connectivity index (χ2v) is 5.81. The number of anilines is 2. The van der Waals surface area contributed by atoms with E-state index in [1.165, 1.54) is 29.2 Å². The van der Waals surface area contributed by atoms with Gasteiger partial charge in [-0.05, 0) is 36.8 Å². The summed E-state index contributed by atoms with van der Waals surface area (Å²) in [5.41, 5.74) is 0.864. The van der Waals surface area contributed by atoms with Crippen molar-refractivity contribution in [1.82, 2.24) is 0 Å². The summed E-state index contributed by atoms with van der Waals surface area (Å²) in [5, 5.41) is 2.85. The first-order valence-electron chi connectivity index (χ1n) is 7.32. The Bertz CT molecular complexity index is 826. The number of halogens is 3. The smallest absolute Gasteiger partial charge is 0.255 e. The summed E-state index contributed by atoms with van der Waals surface area (Å²) in [7, 11) is 0. The molecule has 1 heterocycles. The Morgan fingerprint density at radius 2 is 1.92 bits per heavy atom. The lowest BCUT2D eigenvalue weighted by atomic mass is 10.1. The Labute approximate surface area is 142 Å². The largest absolute Gasteiger partial charge is 0.322 e. The molecule has 7 heteroatoms. The number of hydrogen-bond acceptors (Lipinski definition) is 2. The van der Waals surface area contributed by atoms with Gasteiger partial charge in [0.05, 0.1) is 10.7 Å². The molecule has 1 aliphatic rings.